The van der Waals surface area contributed by atoms with Crippen LogP contribution < -0.4 is 19.3 Å². The van der Waals surface area contributed by atoms with E-state index >= 15 is 0 Å². The fourth-order valence-electron chi connectivity index (χ4n) is 6.28. The largest absolute Gasteiger partial charge is 0.426 e. The zero-order valence-electron chi connectivity index (χ0n) is 24.2. The number of halogens is 1. The summed E-state index contributed by atoms with van der Waals surface area (Å²) in [6, 6.07) is 18.5. The molecule has 2 aliphatic rings. The fourth-order valence-corrected chi connectivity index (χ4v) is 7.28. The molecule has 5 aromatic rings. The van der Waals surface area contributed by atoms with Gasteiger partial charge in [0.15, 0.2) is 0 Å². The Kier molecular flexibility index (Phi) is 7.22. The molecule has 0 bridgehead atoms. The second-order valence-corrected chi connectivity index (χ2v) is 12.1. The van der Waals surface area contributed by atoms with Crippen molar-refractivity contribution < 1.29 is 28.7 Å². The van der Waals surface area contributed by atoms with Crippen LogP contribution in [0.4, 0.5) is 11.4 Å². The lowest BCUT2D eigenvalue weighted by molar-refractivity contribution is -0.132. The summed E-state index contributed by atoms with van der Waals surface area (Å²) in [6.07, 6.45) is 0.607. The number of esters is 2. The number of hydrogen-bond acceptors (Lipinski definition) is 9. The summed E-state index contributed by atoms with van der Waals surface area (Å²) in [4.78, 5) is 54.5. The third-order valence-electron chi connectivity index (χ3n) is 8.07. The van der Waals surface area contributed by atoms with Crippen LogP contribution in [-0.2, 0) is 16.0 Å². The van der Waals surface area contributed by atoms with Gasteiger partial charge in [-0.15, -0.1) is 21.8 Å². The molecule has 0 saturated carbocycles. The minimum absolute atomic E-state index is 0.0419. The molecule has 226 valence electrons. The molecule has 0 radical (unpaired) electrons. The van der Waals surface area contributed by atoms with Gasteiger partial charge in [-0.25, -0.2) is 0 Å². The topological polar surface area (TPSA) is 119 Å². The summed E-state index contributed by atoms with van der Waals surface area (Å²) in [5.74, 6) is -0.972. The van der Waals surface area contributed by atoms with Crippen LogP contribution in [0.3, 0.4) is 0 Å². The molecule has 2 amide bonds. The Morgan fingerprint density at radius 3 is 1.93 bits per heavy atom. The summed E-state index contributed by atoms with van der Waals surface area (Å²) in [5, 5.41) is 11.6. The maximum absolute atomic E-state index is 13.9. The van der Waals surface area contributed by atoms with Gasteiger partial charge in [-0.3, -0.25) is 19.2 Å². The third-order valence-corrected chi connectivity index (χ3v) is 9.35. The number of hydrogen-bond donors (Lipinski definition) is 0. The van der Waals surface area contributed by atoms with Gasteiger partial charge < -0.3 is 19.3 Å². The number of rotatable bonds is 5. The van der Waals surface area contributed by atoms with Crippen LogP contribution >= 0.6 is 22.9 Å². The van der Waals surface area contributed by atoms with Crippen LogP contribution in [0, 0.1) is 0 Å². The van der Waals surface area contributed by atoms with Crippen LogP contribution in [0.15, 0.2) is 60.7 Å². The van der Waals surface area contributed by atoms with E-state index in [-0.39, 0.29) is 21.8 Å². The van der Waals surface area contributed by atoms with Gasteiger partial charge in [0.25, 0.3) is 11.8 Å². The molecule has 3 heterocycles. The first-order chi connectivity index (χ1) is 21.7. The van der Waals surface area contributed by atoms with Crippen molar-refractivity contribution in [2.24, 2.45) is 0 Å². The number of nitrogens with zero attached hydrogens (tertiary/aromatic N) is 4. The highest BCUT2D eigenvalue weighted by Crippen LogP contribution is 2.46. The maximum atomic E-state index is 13.9. The van der Waals surface area contributed by atoms with Gasteiger partial charge in [0.1, 0.15) is 11.5 Å². The Bertz CT molecular complexity index is 2080. The van der Waals surface area contributed by atoms with Crippen LogP contribution in [-0.4, -0.2) is 52.9 Å². The lowest BCUT2D eigenvalue weighted by Crippen LogP contribution is -2.30. The number of amides is 2. The van der Waals surface area contributed by atoms with Crippen molar-refractivity contribution in [3.05, 3.63) is 81.8 Å². The minimum atomic E-state index is -0.478. The van der Waals surface area contributed by atoms with Gasteiger partial charge in [0.2, 0.25) is 10.0 Å². The number of aromatic nitrogens is 2. The first kappa shape index (κ1) is 28.9. The van der Waals surface area contributed by atoms with Crippen LogP contribution in [0.1, 0.15) is 50.5 Å². The van der Waals surface area contributed by atoms with Crippen LogP contribution in [0.2, 0.25) is 0 Å². The predicted octanol–water partition coefficient (Wildman–Crippen LogP) is 5.88. The molecule has 45 heavy (non-hydrogen) atoms. The van der Waals surface area contributed by atoms with Crippen molar-refractivity contribution in [2.75, 3.05) is 28.8 Å². The molecule has 0 N–H and O–H groups in total. The Balaban J connectivity index is 1.22. The summed E-state index contributed by atoms with van der Waals surface area (Å²) < 4.78 is 11.0. The number of benzene rings is 4. The highest BCUT2D eigenvalue weighted by molar-refractivity contribution is 7.15. The molecule has 1 atom stereocenters. The highest BCUT2D eigenvalue weighted by atomic mass is 35.5. The van der Waals surface area contributed by atoms with Gasteiger partial charge >= 0.3 is 11.9 Å². The van der Waals surface area contributed by atoms with Crippen molar-refractivity contribution in [1.29, 1.82) is 0 Å². The minimum Gasteiger partial charge on any atom is -0.426 e. The zero-order valence-corrected chi connectivity index (χ0v) is 25.8. The van der Waals surface area contributed by atoms with Gasteiger partial charge in [-0.2, -0.15) is 0 Å². The summed E-state index contributed by atoms with van der Waals surface area (Å²) in [7, 11) is 0. The standard InChI is InChI=1S/C33H25ClN4O6S/c1-17(39)43-27-13-25-21(20-7-3-4-8-22(20)27)11-12-37(25)32(41)30-35-36-31(45-30)33(42)38-16-19(15-34)29-24-10-6-5-9-23(24)28(14-26(29)38)44-18(2)40/h3-10,13-14,19H,11-12,15-16H2,1-2H3. The lowest BCUT2D eigenvalue weighted by Gasteiger charge is -2.18. The molecule has 0 fully saturated rings. The average molecular weight is 641 g/mol. The molecule has 10 nitrogen and oxygen atoms in total. The molecule has 1 unspecified atom stereocenters. The highest BCUT2D eigenvalue weighted by Gasteiger charge is 2.37. The van der Waals surface area contributed by atoms with E-state index in [4.69, 9.17) is 21.1 Å². The molecular weight excluding hydrogens is 616 g/mol. The van der Waals surface area contributed by atoms with E-state index in [2.05, 4.69) is 10.2 Å². The quantitative estimate of drug-likeness (QED) is 0.133. The maximum Gasteiger partial charge on any atom is 0.308 e. The van der Waals surface area contributed by atoms with Crippen molar-refractivity contribution in [1.82, 2.24) is 10.2 Å². The number of anilines is 2. The van der Waals surface area contributed by atoms with E-state index in [1.54, 1.807) is 21.9 Å². The predicted molar refractivity (Wildman–Crippen MR) is 171 cm³/mol. The van der Waals surface area contributed by atoms with Crippen LogP contribution in [0.5, 0.6) is 11.5 Å². The molecule has 12 heteroatoms. The summed E-state index contributed by atoms with van der Waals surface area (Å²) in [5.41, 5.74) is 3.05. The molecule has 2 aliphatic heterocycles. The van der Waals surface area contributed by atoms with Gasteiger partial charge in [-0.1, -0.05) is 59.9 Å². The Morgan fingerprint density at radius 1 is 0.800 bits per heavy atom. The smallest absolute Gasteiger partial charge is 0.308 e. The summed E-state index contributed by atoms with van der Waals surface area (Å²) >= 11 is 7.29. The van der Waals surface area contributed by atoms with E-state index in [9.17, 15) is 19.2 Å². The number of ether oxygens (including phenoxy) is 2. The van der Waals surface area contributed by atoms with E-state index in [0.29, 0.717) is 42.4 Å². The molecular formula is C33H25ClN4O6S. The molecule has 1 aromatic heterocycles. The van der Waals surface area contributed by atoms with Crippen molar-refractivity contribution in [3.63, 3.8) is 0 Å². The van der Waals surface area contributed by atoms with E-state index < -0.39 is 23.8 Å². The second kappa shape index (κ2) is 11.2. The Labute approximate surface area is 266 Å². The number of fused-ring (bicyclic) bond motifs is 6. The van der Waals surface area contributed by atoms with Gasteiger partial charge in [0.05, 0.1) is 11.4 Å². The first-order valence-corrected chi connectivity index (χ1v) is 15.6. The molecule has 0 spiro atoms. The van der Waals surface area contributed by atoms with Crippen molar-refractivity contribution in [3.8, 4) is 11.5 Å². The molecule has 4 aromatic carbocycles. The first-order valence-electron chi connectivity index (χ1n) is 14.3. The van der Waals surface area contributed by atoms with Crippen molar-refractivity contribution >= 4 is 79.6 Å². The number of alkyl halides is 1. The third kappa shape index (κ3) is 4.88. The van der Waals surface area contributed by atoms with Gasteiger partial charge in [-0.05, 0) is 28.3 Å². The molecule has 0 saturated heterocycles. The molecule has 0 aliphatic carbocycles. The zero-order chi connectivity index (χ0) is 31.4. The normalized spacial score (nSPS) is 15.3. The fraction of sp³-hybridized carbons (Fsp3) is 0.212. The van der Waals surface area contributed by atoms with Gasteiger partial charge in [0, 0.05) is 61.6 Å². The number of carbonyl (C=O) groups excluding carboxylic acids is 4. The summed E-state index contributed by atoms with van der Waals surface area (Å²) in [6.45, 7) is 3.34. The number of carbonyl (C=O) groups is 4. The lowest BCUT2D eigenvalue weighted by atomic mass is 9.95. The van der Waals surface area contributed by atoms with E-state index in [1.807, 2.05) is 48.5 Å². The second-order valence-electron chi connectivity index (χ2n) is 10.8. The van der Waals surface area contributed by atoms with Crippen LogP contribution in [0.25, 0.3) is 21.5 Å². The monoisotopic (exact) mass is 640 g/mol. The average Bonchev–Trinajstić information content (AvgIpc) is 3.77. The van der Waals surface area contributed by atoms with E-state index in [1.165, 1.54) is 13.8 Å². The Hall–Kier alpha value is -4.87. The Morgan fingerprint density at radius 2 is 1.33 bits per heavy atom. The SMILES string of the molecule is CC(=O)Oc1cc2c(c3ccccc13)CCN2C(=O)c1nnc(C(=O)N2CC(CCl)c3c2cc(OC(C)=O)c2ccccc32)s1. The molecule has 7 rings (SSSR count). The van der Waals surface area contributed by atoms with E-state index in [0.717, 1.165) is 44.0 Å². The van der Waals surface area contributed by atoms with Crippen molar-refractivity contribution in [2.45, 2.75) is 26.2 Å².